The summed E-state index contributed by atoms with van der Waals surface area (Å²) in [6.07, 6.45) is 5.53. The van der Waals surface area contributed by atoms with Crippen molar-refractivity contribution >= 4 is 28.7 Å². The number of hydrazone groups is 1. The molecule has 32 heavy (non-hydrogen) atoms. The van der Waals surface area contributed by atoms with E-state index in [2.05, 4.69) is 28.1 Å². The number of nitro benzene ring substituents is 1. The molecule has 0 saturated heterocycles. The minimum Gasteiger partial charge on any atom is -0.493 e. The first kappa shape index (κ1) is 22.8. The molecule has 0 aliphatic heterocycles. The molecule has 0 radical (unpaired) electrons. The number of carbonyl (C=O) groups excluding carboxylic acids is 1. The molecule has 168 valence electrons. The predicted molar refractivity (Wildman–Crippen MR) is 122 cm³/mol. The zero-order chi connectivity index (χ0) is 23.1. The number of para-hydroxylation sites is 1. The Bertz CT molecular complexity index is 1150. The monoisotopic (exact) mass is 438 g/mol. The van der Waals surface area contributed by atoms with Gasteiger partial charge < -0.3 is 14.0 Å². The van der Waals surface area contributed by atoms with E-state index in [0.29, 0.717) is 5.75 Å². The Morgan fingerprint density at radius 1 is 1.22 bits per heavy atom. The molecule has 1 heterocycles. The number of nitrogens with one attached hydrogen (secondary N) is 1. The van der Waals surface area contributed by atoms with Gasteiger partial charge in [0.05, 0.1) is 37.8 Å². The van der Waals surface area contributed by atoms with Crippen molar-refractivity contribution in [2.24, 2.45) is 5.10 Å². The number of hydrogen-bond acceptors (Lipinski definition) is 6. The SMILES string of the molecule is CCCCn1cc(C=NNC(=O)Cc2cc(OC)c(OC)cc2[N+](=O)[O-])c2ccccc21. The number of unbranched alkanes of at least 4 members (excludes halogenated alkanes) is 1. The van der Waals surface area contributed by atoms with Gasteiger partial charge in [-0.1, -0.05) is 31.5 Å². The number of methoxy groups -OCH3 is 2. The van der Waals surface area contributed by atoms with Gasteiger partial charge in [0, 0.05) is 34.8 Å². The molecule has 0 unspecified atom stereocenters. The summed E-state index contributed by atoms with van der Waals surface area (Å²) in [4.78, 5) is 23.3. The number of benzene rings is 2. The second-order valence-corrected chi connectivity index (χ2v) is 7.21. The third-order valence-electron chi connectivity index (χ3n) is 5.10. The van der Waals surface area contributed by atoms with Gasteiger partial charge in [-0.2, -0.15) is 5.10 Å². The third-order valence-corrected chi connectivity index (χ3v) is 5.10. The fraction of sp³-hybridized carbons (Fsp3) is 0.304. The molecule has 0 aliphatic carbocycles. The Labute approximate surface area is 185 Å². The van der Waals surface area contributed by atoms with Crippen molar-refractivity contribution in [2.45, 2.75) is 32.7 Å². The summed E-state index contributed by atoms with van der Waals surface area (Å²) in [6.45, 7) is 3.05. The highest BCUT2D eigenvalue weighted by molar-refractivity contribution is 5.99. The van der Waals surface area contributed by atoms with Crippen molar-refractivity contribution in [3.63, 3.8) is 0 Å². The highest BCUT2D eigenvalue weighted by Crippen LogP contribution is 2.34. The average Bonchev–Trinajstić information content (AvgIpc) is 3.14. The molecule has 9 heteroatoms. The molecule has 0 fully saturated rings. The summed E-state index contributed by atoms with van der Waals surface area (Å²) in [5, 5.41) is 16.5. The van der Waals surface area contributed by atoms with Crippen LogP contribution in [0.3, 0.4) is 0 Å². The number of fused-ring (bicyclic) bond motifs is 1. The van der Waals surface area contributed by atoms with Gasteiger partial charge in [-0.25, -0.2) is 5.43 Å². The molecule has 0 atom stereocenters. The van der Waals surface area contributed by atoms with Crippen molar-refractivity contribution in [2.75, 3.05) is 14.2 Å². The average molecular weight is 438 g/mol. The van der Waals surface area contributed by atoms with Gasteiger partial charge >= 0.3 is 0 Å². The van der Waals surface area contributed by atoms with Gasteiger partial charge in [-0.15, -0.1) is 0 Å². The molecule has 9 nitrogen and oxygen atoms in total. The summed E-state index contributed by atoms with van der Waals surface area (Å²) in [6, 6.07) is 10.7. The fourth-order valence-electron chi connectivity index (χ4n) is 3.50. The second-order valence-electron chi connectivity index (χ2n) is 7.21. The van der Waals surface area contributed by atoms with Gasteiger partial charge in [0.15, 0.2) is 11.5 Å². The molecule has 0 spiro atoms. The van der Waals surface area contributed by atoms with Crippen LogP contribution in [0.2, 0.25) is 0 Å². The van der Waals surface area contributed by atoms with E-state index in [1.807, 2.05) is 24.4 Å². The number of carbonyl (C=O) groups is 1. The van der Waals surface area contributed by atoms with Crippen molar-refractivity contribution in [1.29, 1.82) is 0 Å². The smallest absolute Gasteiger partial charge is 0.277 e. The molecule has 1 aromatic heterocycles. The van der Waals surface area contributed by atoms with Crippen molar-refractivity contribution in [1.82, 2.24) is 9.99 Å². The zero-order valence-corrected chi connectivity index (χ0v) is 18.3. The maximum Gasteiger partial charge on any atom is 0.277 e. The molecule has 0 aliphatic rings. The van der Waals surface area contributed by atoms with Crippen LogP contribution in [0.25, 0.3) is 10.9 Å². The van der Waals surface area contributed by atoms with Crippen molar-refractivity contribution < 1.29 is 19.2 Å². The van der Waals surface area contributed by atoms with Crippen LogP contribution in [0.15, 0.2) is 47.7 Å². The van der Waals surface area contributed by atoms with Gasteiger partial charge in [0.25, 0.3) is 5.69 Å². The summed E-state index contributed by atoms with van der Waals surface area (Å²) in [5.74, 6) is 0.0522. The minimum atomic E-state index is -0.557. The van der Waals surface area contributed by atoms with Crippen LogP contribution in [-0.2, 0) is 17.8 Å². The summed E-state index contributed by atoms with van der Waals surface area (Å²) >= 11 is 0. The largest absolute Gasteiger partial charge is 0.493 e. The number of hydrogen-bond donors (Lipinski definition) is 1. The lowest BCUT2D eigenvalue weighted by Crippen LogP contribution is -2.20. The lowest BCUT2D eigenvalue weighted by Gasteiger charge is -2.10. The van der Waals surface area contributed by atoms with Gasteiger partial charge in [0.1, 0.15) is 0 Å². The number of amides is 1. The van der Waals surface area contributed by atoms with E-state index in [1.54, 1.807) is 6.21 Å². The molecule has 0 bridgehead atoms. The number of aromatic nitrogens is 1. The predicted octanol–water partition coefficient (Wildman–Crippen LogP) is 4.06. The molecule has 2 aromatic carbocycles. The topological polar surface area (TPSA) is 108 Å². The maximum atomic E-state index is 12.4. The van der Waals surface area contributed by atoms with E-state index in [9.17, 15) is 14.9 Å². The normalized spacial score (nSPS) is 11.1. The van der Waals surface area contributed by atoms with Gasteiger partial charge in [-0.05, 0) is 18.6 Å². The van der Waals surface area contributed by atoms with Crippen LogP contribution in [0.1, 0.15) is 30.9 Å². The zero-order valence-electron chi connectivity index (χ0n) is 18.3. The number of nitro groups is 1. The van der Waals surface area contributed by atoms with E-state index in [1.165, 1.54) is 26.4 Å². The molecular weight excluding hydrogens is 412 g/mol. The molecular formula is C23H26N4O5. The van der Waals surface area contributed by atoms with Crippen LogP contribution in [0, 0.1) is 10.1 Å². The van der Waals surface area contributed by atoms with Gasteiger partial charge in [0.2, 0.25) is 5.91 Å². The Morgan fingerprint density at radius 2 is 1.94 bits per heavy atom. The van der Waals surface area contributed by atoms with E-state index in [0.717, 1.165) is 35.9 Å². The fourth-order valence-corrected chi connectivity index (χ4v) is 3.50. The van der Waals surface area contributed by atoms with Crippen LogP contribution < -0.4 is 14.9 Å². The molecule has 3 rings (SSSR count). The standard InChI is InChI=1S/C23H26N4O5/c1-4-5-10-26-15-17(18-8-6-7-9-19(18)26)14-24-25-23(28)12-16-11-21(31-2)22(32-3)13-20(16)27(29)30/h6-9,11,13-15H,4-5,10,12H2,1-3H3,(H,25,28). The van der Waals surface area contributed by atoms with Crippen LogP contribution in [0.4, 0.5) is 5.69 Å². The summed E-state index contributed by atoms with van der Waals surface area (Å²) < 4.78 is 12.5. The van der Waals surface area contributed by atoms with Crippen molar-refractivity contribution in [3.8, 4) is 11.5 Å². The molecule has 1 amide bonds. The molecule has 0 saturated carbocycles. The first-order valence-electron chi connectivity index (χ1n) is 10.3. The lowest BCUT2D eigenvalue weighted by molar-refractivity contribution is -0.385. The van der Waals surface area contributed by atoms with Crippen LogP contribution in [-0.4, -0.2) is 35.8 Å². The quantitative estimate of drug-likeness (QED) is 0.292. The Hall–Kier alpha value is -3.88. The third kappa shape index (κ3) is 5.05. The van der Waals surface area contributed by atoms with Gasteiger partial charge in [-0.3, -0.25) is 14.9 Å². The lowest BCUT2D eigenvalue weighted by atomic mass is 10.1. The summed E-state index contributed by atoms with van der Waals surface area (Å²) in [7, 11) is 2.82. The first-order chi connectivity index (χ1) is 15.5. The number of aryl methyl sites for hydroxylation is 1. The van der Waals surface area contributed by atoms with E-state index in [-0.39, 0.29) is 23.4 Å². The number of rotatable bonds is 10. The van der Waals surface area contributed by atoms with E-state index < -0.39 is 10.8 Å². The minimum absolute atomic E-state index is 0.205. The Balaban J connectivity index is 1.76. The highest BCUT2D eigenvalue weighted by Gasteiger charge is 2.21. The van der Waals surface area contributed by atoms with E-state index in [4.69, 9.17) is 9.47 Å². The van der Waals surface area contributed by atoms with Crippen LogP contribution in [0.5, 0.6) is 11.5 Å². The molecule has 1 N–H and O–H groups in total. The highest BCUT2D eigenvalue weighted by atomic mass is 16.6. The number of ether oxygens (including phenoxy) is 2. The second kappa shape index (κ2) is 10.4. The first-order valence-corrected chi connectivity index (χ1v) is 10.3. The van der Waals surface area contributed by atoms with Crippen LogP contribution >= 0.6 is 0 Å². The van der Waals surface area contributed by atoms with E-state index >= 15 is 0 Å². The Kier molecular flexibility index (Phi) is 7.43. The van der Waals surface area contributed by atoms with Crippen molar-refractivity contribution in [3.05, 3.63) is 63.8 Å². The molecule has 3 aromatic rings. The maximum absolute atomic E-state index is 12.4. The summed E-state index contributed by atoms with van der Waals surface area (Å²) in [5.41, 5.74) is 4.43. The Morgan fingerprint density at radius 3 is 2.62 bits per heavy atom. The number of nitrogens with zero attached hydrogens (tertiary/aromatic N) is 3.